The van der Waals surface area contributed by atoms with Crippen molar-refractivity contribution in [2.75, 3.05) is 0 Å². The number of nitrogens with one attached hydrogen (secondary N) is 2. The first-order valence-electron chi connectivity index (χ1n) is 8.25. The molecule has 0 saturated heterocycles. The first-order chi connectivity index (χ1) is 10.2. The van der Waals surface area contributed by atoms with Gasteiger partial charge in [0.25, 0.3) is 0 Å². The highest BCUT2D eigenvalue weighted by Crippen LogP contribution is 2.28. The smallest absolute Gasteiger partial charge is 0.407 e. The molecule has 0 radical (unpaired) electrons. The molecule has 0 spiro atoms. The Labute approximate surface area is 139 Å². The van der Waals surface area contributed by atoms with E-state index < -0.39 is 22.8 Å². The monoisotopic (exact) mass is 328 g/mol. The van der Waals surface area contributed by atoms with Crippen LogP contribution in [0.2, 0.25) is 0 Å². The molecule has 0 aromatic rings. The molecule has 0 heterocycles. The third-order valence-corrected chi connectivity index (χ3v) is 4.49. The Kier molecular flexibility index (Phi) is 5.73. The quantitative estimate of drug-likeness (QED) is 0.739. The van der Waals surface area contributed by atoms with E-state index in [0.29, 0.717) is 12.8 Å². The van der Waals surface area contributed by atoms with Crippen LogP contribution in [0.3, 0.4) is 0 Å². The number of carbonyl (C=O) groups excluding carboxylic acids is 2. The van der Waals surface area contributed by atoms with Crippen LogP contribution >= 0.6 is 0 Å². The van der Waals surface area contributed by atoms with Gasteiger partial charge in [-0.3, -0.25) is 4.79 Å². The summed E-state index contributed by atoms with van der Waals surface area (Å²) >= 11 is 0. The molecule has 0 unspecified atom stereocenters. The Morgan fingerprint density at radius 1 is 1.04 bits per heavy atom. The molecule has 0 aromatic carbocycles. The summed E-state index contributed by atoms with van der Waals surface area (Å²) < 4.78 is 5.24. The third-order valence-electron chi connectivity index (χ3n) is 4.49. The average Bonchev–Trinajstić information content (AvgIpc) is 2.72. The van der Waals surface area contributed by atoms with Gasteiger partial charge in [0.15, 0.2) is 0 Å². The maximum atomic E-state index is 12.4. The van der Waals surface area contributed by atoms with Crippen LogP contribution in [-0.2, 0) is 9.53 Å². The second-order valence-corrected chi connectivity index (χ2v) is 8.53. The minimum Gasteiger partial charge on any atom is -0.444 e. The Hall–Kier alpha value is -1.30. The normalized spacial score (nSPS) is 22.6. The van der Waals surface area contributed by atoms with Crippen molar-refractivity contribution in [2.45, 2.75) is 90.5 Å². The van der Waals surface area contributed by atoms with Crippen molar-refractivity contribution in [1.82, 2.24) is 10.6 Å². The average molecular weight is 328 g/mol. The van der Waals surface area contributed by atoms with Gasteiger partial charge in [-0.1, -0.05) is 0 Å². The summed E-state index contributed by atoms with van der Waals surface area (Å²) in [5.74, 6) is -0.234. The topological polar surface area (TPSA) is 87.7 Å². The van der Waals surface area contributed by atoms with Crippen LogP contribution in [0, 0.1) is 5.92 Å². The van der Waals surface area contributed by atoms with Crippen molar-refractivity contribution in [3.8, 4) is 0 Å². The minimum absolute atomic E-state index is 0.0501. The van der Waals surface area contributed by atoms with E-state index in [4.69, 9.17) is 4.74 Å². The highest BCUT2D eigenvalue weighted by atomic mass is 16.6. The van der Waals surface area contributed by atoms with Crippen LogP contribution in [0.25, 0.3) is 0 Å². The molecule has 0 aliphatic heterocycles. The first-order valence-corrected chi connectivity index (χ1v) is 8.25. The molecule has 3 N–H and O–H groups in total. The number of amides is 2. The largest absolute Gasteiger partial charge is 0.444 e. The molecule has 1 aliphatic rings. The predicted molar refractivity (Wildman–Crippen MR) is 89.0 cm³/mol. The summed E-state index contributed by atoms with van der Waals surface area (Å²) in [7, 11) is 0. The lowest BCUT2D eigenvalue weighted by Gasteiger charge is -2.38. The van der Waals surface area contributed by atoms with Gasteiger partial charge < -0.3 is 20.5 Å². The van der Waals surface area contributed by atoms with Crippen LogP contribution in [0.15, 0.2) is 0 Å². The number of hydrogen-bond donors (Lipinski definition) is 3. The molecule has 0 aromatic heterocycles. The molecule has 1 aliphatic carbocycles. The third kappa shape index (κ3) is 6.01. The number of aliphatic hydroxyl groups is 1. The van der Waals surface area contributed by atoms with Crippen molar-refractivity contribution in [3.05, 3.63) is 0 Å². The van der Waals surface area contributed by atoms with Crippen molar-refractivity contribution in [1.29, 1.82) is 0 Å². The zero-order valence-corrected chi connectivity index (χ0v) is 15.4. The van der Waals surface area contributed by atoms with Crippen LogP contribution in [0.4, 0.5) is 4.79 Å². The zero-order chi connectivity index (χ0) is 18.1. The molecule has 2 atom stereocenters. The molecule has 6 nitrogen and oxygen atoms in total. The maximum Gasteiger partial charge on any atom is 0.407 e. The fraction of sp³-hybridized carbons (Fsp3) is 0.882. The molecule has 1 fully saturated rings. The molecule has 0 bridgehead atoms. The lowest BCUT2D eigenvalue weighted by atomic mass is 9.85. The van der Waals surface area contributed by atoms with Gasteiger partial charge in [0.1, 0.15) is 5.60 Å². The fourth-order valence-electron chi connectivity index (χ4n) is 2.39. The van der Waals surface area contributed by atoms with Gasteiger partial charge in [-0.05, 0) is 67.7 Å². The van der Waals surface area contributed by atoms with Gasteiger partial charge in [0, 0.05) is 12.0 Å². The van der Waals surface area contributed by atoms with Gasteiger partial charge in [-0.2, -0.15) is 0 Å². The maximum absolute atomic E-state index is 12.4. The molecule has 1 saturated carbocycles. The second-order valence-electron chi connectivity index (χ2n) is 8.53. The molecule has 23 heavy (non-hydrogen) atoms. The van der Waals surface area contributed by atoms with E-state index in [1.54, 1.807) is 27.7 Å². The number of carbonyl (C=O) groups is 2. The van der Waals surface area contributed by atoms with Crippen molar-refractivity contribution < 1.29 is 19.4 Å². The van der Waals surface area contributed by atoms with E-state index >= 15 is 0 Å². The summed E-state index contributed by atoms with van der Waals surface area (Å²) in [6.45, 7) is 12.4. The van der Waals surface area contributed by atoms with Crippen LogP contribution in [0.1, 0.15) is 67.7 Å². The van der Waals surface area contributed by atoms with E-state index in [-0.39, 0.29) is 17.9 Å². The van der Waals surface area contributed by atoms with E-state index in [2.05, 4.69) is 10.6 Å². The molecule has 6 heteroatoms. The SMILES string of the molecule is CC(C)(C)OC(=O)N[C@@H]1CC[C@@H](C(=O)NC(C)(C)C(C)(C)O)C1. The van der Waals surface area contributed by atoms with E-state index in [0.717, 1.165) is 6.42 Å². The fourth-order valence-corrected chi connectivity index (χ4v) is 2.39. The second kappa shape index (κ2) is 6.67. The minimum atomic E-state index is -1.02. The first kappa shape index (κ1) is 19.7. The van der Waals surface area contributed by atoms with E-state index in [9.17, 15) is 14.7 Å². The van der Waals surface area contributed by atoms with E-state index in [1.165, 1.54) is 0 Å². The highest BCUT2D eigenvalue weighted by Gasteiger charge is 2.39. The summed E-state index contributed by atoms with van der Waals surface area (Å²) in [6, 6.07) is -0.0501. The highest BCUT2D eigenvalue weighted by molar-refractivity contribution is 5.80. The standard InChI is InChI=1S/C17H32N2O4/c1-15(2,3)23-14(21)18-12-9-8-11(10-12)13(20)19-16(4,5)17(6,7)22/h11-12,22H,8-10H2,1-7H3,(H,18,21)(H,19,20)/t11-,12-/m1/s1. The van der Waals surface area contributed by atoms with Gasteiger partial charge in [-0.15, -0.1) is 0 Å². The van der Waals surface area contributed by atoms with Crippen molar-refractivity contribution in [2.24, 2.45) is 5.92 Å². The molecular formula is C17H32N2O4. The Bertz CT molecular complexity index is 446. The Morgan fingerprint density at radius 3 is 2.09 bits per heavy atom. The van der Waals surface area contributed by atoms with E-state index in [1.807, 2.05) is 20.8 Å². The lowest BCUT2D eigenvalue weighted by Crippen LogP contribution is -2.58. The predicted octanol–water partition coefficient (Wildman–Crippen LogP) is 2.35. The van der Waals surface area contributed by atoms with Crippen molar-refractivity contribution in [3.63, 3.8) is 0 Å². The Balaban J connectivity index is 2.51. The number of alkyl carbamates (subject to hydrolysis) is 1. The van der Waals surface area contributed by atoms with Gasteiger partial charge in [0.2, 0.25) is 5.91 Å². The number of ether oxygens (including phenoxy) is 1. The molecular weight excluding hydrogens is 296 g/mol. The summed E-state index contributed by atoms with van der Waals surface area (Å²) in [5.41, 5.74) is -2.27. The van der Waals surface area contributed by atoms with Gasteiger partial charge in [0.05, 0.1) is 11.1 Å². The lowest BCUT2D eigenvalue weighted by molar-refractivity contribution is -0.130. The summed E-state index contributed by atoms with van der Waals surface area (Å²) in [4.78, 5) is 24.2. The molecule has 2 amide bonds. The summed E-state index contributed by atoms with van der Waals surface area (Å²) in [5, 5.41) is 15.9. The van der Waals surface area contributed by atoms with Crippen LogP contribution < -0.4 is 10.6 Å². The summed E-state index contributed by atoms with van der Waals surface area (Å²) in [6.07, 6.45) is 1.61. The molecule has 1 rings (SSSR count). The Morgan fingerprint density at radius 2 is 1.61 bits per heavy atom. The molecule has 134 valence electrons. The number of hydrogen-bond acceptors (Lipinski definition) is 4. The van der Waals surface area contributed by atoms with Crippen LogP contribution in [0.5, 0.6) is 0 Å². The van der Waals surface area contributed by atoms with Crippen molar-refractivity contribution >= 4 is 12.0 Å². The van der Waals surface area contributed by atoms with Crippen LogP contribution in [-0.4, -0.2) is 39.9 Å². The van der Waals surface area contributed by atoms with Gasteiger partial charge in [-0.25, -0.2) is 4.79 Å². The van der Waals surface area contributed by atoms with Gasteiger partial charge >= 0.3 is 6.09 Å². The number of rotatable bonds is 4. The zero-order valence-electron chi connectivity index (χ0n) is 15.4.